The zero-order chi connectivity index (χ0) is 16.1. The van der Waals surface area contributed by atoms with E-state index in [1.807, 2.05) is 30.6 Å². The average molecular weight is 314 g/mol. The summed E-state index contributed by atoms with van der Waals surface area (Å²) in [6.07, 6.45) is 3.73. The van der Waals surface area contributed by atoms with Crippen LogP contribution in [0.25, 0.3) is 32.7 Å². The molecule has 0 spiro atoms. The molecule has 24 heavy (non-hydrogen) atoms. The number of para-hydroxylation sites is 1. The third kappa shape index (κ3) is 1.86. The molecule has 0 bridgehead atoms. The molecule has 0 radical (unpaired) electrons. The van der Waals surface area contributed by atoms with Crippen molar-refractivity contribution in [3.63, 3.8) is 0 Å². The van der Waals surface area contributed by atoms with Crippen molar-refractivity contribution in [2.75, 3.05) is 5.32 Å². The molecule has 6 nitrogen and oxygen atoms in total. The van der Waals surface area contributed by atoms with Gasteiger partial charge in [-0.05, 0) is 30.7 Å². The number of benzene rings is 2. The van der Waals surface area contributed by atoms with Crippen molar-refractivity contribution in [2.45, 2.75) is 6.92 Å². The molecule has 116 valence electrons. The van der Waals surface area contributed by atoms with E-state index in [1.165, 1.54) is 0 Å². The van der Waals surface area contributed by atoms with Gasteiger partial charge in [-0.2, -0.15) is 10.2 Å². The summed E-state index contributed by atoms with van der Waals surface area (Å²) in [5, 5.41) is 21.1. The van der Waals surface area contributed by atoms with Gasteiger partial charge < -0.3 is 5.32 Å². The van der Waals surface area contributed by atoms with Crippen LogP contribution in [0.2, 0.25) is 0 Å². The molecular formula is C18H14N6. The summed E-state index contributed by atoms with van der Waals surface area (Å²) in [6, 6.07) is 12.2. The first kappa shape index (κ1) is 13.1. The highest BCUT2D eigenvalue weighted by molar-refractivity contribution is 6.08. The Kier molecular flexibility index (Phi) is 2.61. The van der Waals surface area contributed by atoms with Crippen molar-refractivity contribution >= 4 is 44.2 Å². The van der Waals surface area contributed by atoms with Crippen molar-refractivity contribution in [3.8, 4) is 0 Å². The Labute approximate surface area is 136 Å². The monoisotopic (exact) mass is 314 g/mol. The number of anilines is 2. The molecular weight excluding hydrogens is 300 g/mol. The molecule has 2 aromatic carbocycles. The van der Waals surface area contributed by atoms with E-state index >= 15 is 0 Å². The van der Waals surface area contributed by atoms with Gasteiger partial charge in [-0.15, -0.1) is 0 Å². The quantitative estimate of drug-likeness (QED) is 0.459. The summed E-state index contributed by atoms with van der Waals surface area (Å²) in [6.45, 7) is 2.06. The SMILES string of the molecule is Cc1cc2[nH]ncc2cc1Nc1nc2ccccc2c2c[nH]nc12. The predicted molar refractivity (Wildman–Crippen MR) is 95.5 cm³/mol. The first-order valence-corrected chi connectivity index (χ1v) is 7.72. The van der Waals surface area contributed by atoms with E-state index in [4.69, 9.17) is 4.98 Å². The maximum absolute atomic E-state index is 4.76. The second-order valence-electron chi connectivity index (χ2n) is 5.87. The predicted octanol–water partition coefficient (Wildman–Crippen LogP) is 4.04. The van der Waals surface area contributed by atoms with Gasteiger partial charge in [0.05, 0.1) is 17.2 Å². The summed E-state index contributed by atoms with van der Waals surface area (Å²) >= 11 is 0. The number of aromatic amines is 2. The molecule has 0 amide bonds. The third-order valence-corrected chi connectivity index (χ3v) is 4.33. The minimum atomic E-state index is 0.746. The Balaban J connectivity index is 1.72. The zero-order valence-electron chi connectivity index (χ0n) is 13.0. The fourth-order valence-corrected chi connectivity index (χ4v) is 3.10. The van der Waals surface area contributed by atoms with Gasteiger partial charge in [-0.25, -0.2) is 4.98 Å². The number of nitrogens with one attached hydrogen (secondary N) is 3. The lowest BCUT2D eigenvalue weighted by molar-refractivity contribution is 1.12. The van der Waals surface area contributed by atoms with Crippen molar-refractivity contribution in [3.05, 3.63) is 54.4 Å². The molecule has 0 saturated carbocycles. The van der Waals surface area contributed by atoms with Gasteiger partial charge in [0.15, 0.2) is 5.82 Å². The molecule has 0 aliphatic carbocycles. The second-order valence-corrected chi connectivity index (χ2v) is 5.87. The van der Waals surface area contributed by atoms with E-state index in [1.54, 1.807) is 0 Å². The van der Waals surface area contributed by atoms with Gasteiger partial charge in [-0.1, -0.05) is 18.2 Å². The van der Waals surface area contributed by atoms with Crippen LogP contribution >= 0.6 is 0 Å². The first-order valence-electron chi connectivity index (χ1n) is 7.72. The second kappa shape index (κ2) is 4.79. The number of H-pyrrole nitrogens is 2. The number of fused-ring (bicyclic) bond motifs is 4. The van der Waals surface area contributed by atoms with Crippen LogP contribution in [0.4, 0.5) is 11.5 Å². The molecule has 0 atom stereocenters. The van der Waals surface area contributed by atoms with E-state index in [0.717, 1.165) is 49.8 Å². The Morgan fingerprint density at radius 3 is 2.96 bits per heavy atom. The highest BCUT2D eigenvalue weighted by Crippen LogP contribution is 2.31. The van der Waals surface area contributed by atoms with Crippen molar-refractivity contribution in [1.29, 1.82) is 0 Å². The van der Waals surface area contributed by atoms with Crippen LogP contribution in [0.1, 0.15) is 5.56 Å². The molecule has 5 rings (SSSR count). The van der Waals surface area contributed by atoms with Gasteiger partial charge in [-0.3, -0.25) is 10.2 Å². The van der Waals surface area contributed by atoms with Gasteiger partial charge in [0.1, 0.15) is 5.52 Å². The lowest BCUT2D eigenvalue weighted by Crippen LogP contribution is -1.98. The molecule has 0 fully saturated rings. The van der Waals surface area contributed by atoms with Gasteiger partial charge in [0, 0.05) is 28.0 Å². The lowest BCUT2D eigenvalue weighted by Gasteiger charge is -2.11. The molecule has 3 aromatic heterocycles. The van der Waals surface area contributed by atoms with E-state index in [2.05, 4.69) is 50.8 Å². The number of aromatic nitrogens is 5. The normalized spacial score (nSPS) is 11.5. The number of hydrogen-bond donors (Lipinski definition) is 3. The number of pyridine rings is 1. The van der Waals surface area contributed by atoms with Crippen molar-refractivity contribution in [2.24, 2.45) is 0 Å². The van der Waals surface area contributed by atoms with Crippen LogP contribution in [-0.2, 0) is 0 Å². The minimum absolute atomic E-state index is 0.746. The fraction of sp³-hybridized carbons (Fsp3) is 0.0556. The fourth-order valence-electron chi connectivity index (χ4n) is 3.10. The standard InChI is InChI=1S/C18H14N6/c1-10-6-16-11(8-19-23-16)7-15(10)22-18-17-13(9-20-24-17)12-4-2-3-5-14(12)21-18/h2-9H,1H3,(H,19,23)(H,20,24)(H,21,22). The lowest BCUT2D eigenvalue weighted by atomic mass is 10.1. The first-order chi connectivity index (χ1) is 11.8. The Hall–Kier alpha value is -3.41. The molecule has 0 aliphatic heterocycles. The third-order valence-electron chi connectivity index (χ3n) is 4.33. The van der Waals surface area contributed by atoms with Gasteiger partial charge in [0.2, 0.25) is 0 Å². The minimum Gasteiger partial charge on any atom is -0.338 e. The maximum atomic E-state index is 4.76. The molecule has 0 unspecified atom stereocenters. The summed E-state index contributed by atoms with van der Waals surface area (Å²) in [5.74, 6) is 0.746. The van der Waals surface area contributed by atoms with Crippen LogP contribution in [0.3, 0.4) is 0 Å². The molecule has 0 aliphatic rings. The number of rotatable bonds is 2. The van der Waals surface area contributed by atoms with Crippen LogP contribution in [0, 0.1) is 6.92 Å². The Bertz CT molecular complexity index is 1200. The Morgan fingerprint density at radius 2 is 2.00 bits per heavy atom. The highest BCUT2D eigenvalue weighted by Gasteiger charge is 2.12. The smallest absolute Gasteiger partial charge is 0.159 e. The average Bonchev–Trinajstić information content (AvgIpc) is 3.24. The largest absolute Gasteiger partial charge is 0.338 e. The molecule has 6 heteroatoms. The molecule has 3 heterocycles. The topological polar surface area (TPSA) is 82.3 Å². The van der Waals surface area contributed by atoms with Crippen LogP contribution in [-0.4, -0.2) is 25.4 Å². The van der Waals surface area contributed by atoms with E-state index < -0.39 is 0 Å². The van der Waals surface area contributed by atoms with Gasteiger partial charge in [0.25, 0.3) is 0 Å². The van der Waals surface area contributed by atoms with Crippen LogP contribution in [0.15, 0.2) is 48.8 Å². The Morgan fingerprint density at radius 1 is 1.08 bits per heavy atom. The molecule has 3 N–H and O–H groups in total. The van der Waals surface area contributed by atoms with Crippen molar-refractivity contribution in [1.82, 2.24) is 25.4 Å². The van der Waals surface area contributed by atoms with Crippen molar-refractivity contribution < 1.29 is 0 Å². The zero-order valence-corrected chi connectivity index (χ0v) is 13.0. The van der Waals surface area contributed by atoms with E-state index in [0.29, 0.717) is 0 Å². The number of hydrogen-bond acceptors (Lipinski definition) is 4. The summed E-state index contributed by atoms with van der Waals surface area (Å²) in [7, 11) is 0. The van der Waals surface area contributed by atoms with E-state index in [9.17, 15) is 0 Å². The maximum Gasteiger partial charge on any atom is 0.159 e. The number of nitrogens with zero attached hydrogens (tertiary/aromatic N) is 3. The summed E-state index contributed by atoms with van der Waals surface area (Å²) in [5.41, 5.74) is 4.91. The molecule has 5 aromatic rings. The van der Waals surface area contributed by atoms with E-state index in [-0.39, 0.29) is 0 Å². The molecule has 0 saturated heterocycles. The van der Waals surface area contributed by atoms with Crippen LogP contribution < -0.4 is 5.32 Å². The van der Waals surface area contributed by atoms with Gasteiger partial charge >= 0.3 is 0 Å². The number of aryl methyl sites for hydroxylation is 1. The van der Waals surface area contributed by atoms with Crippen LogP contribution in [0.5, 0.6) is 0 Å². The summed E-state index contributed by atoms with van der Waals surface area (Å²) in [4.78, 5) is 4.76. The highest BCUT2D eigenvalue weighted by atomic mass is 15.1. The summed E-state index contributed by atoms with van der Waals surface area (Å²) < 4.78 is 0.